The summed E-state index contributed by atoms with van der Waals surface area (Å²) in [4.78, 5) is 26.2. The van der Waals surface area contributed by atoms with Crippen molar-refractivity contribution < 1.29 is 23.8 Å². The summed E-state index contributed by atoms with van der Waals surface area (Å²) in [6.45, 7) is 1.91. The first-order chi connectivity index (χ1) is 15.0. The maximum absolute atomic E-state index is 13.4. The first kappa shape index (κ1) is 20.7. The van der Waals surface area contributed by atoms with Crippen LogP contribution in [0.4, 0.5) is 0 Å². The van der Waals surface area contributed by atoms with E-state index in [1.807, 2.05) is 54.6 Å². The molecule has 2 atom stereocenters. The molecule has 0 bridgehead atoms. The molecule has 0 spiro atoms. The molecule has 2 N–H and O–H groups in total. The zero-order valence-electron chi connectivity index (χ0n) is 17.6. The molecular formula is C25H25NO5. The normalized spacial score (nSPS) is 20.8. The fourth-order valence-corrected chi connectivity index (χ4v) is 4.33. The van der Waals surface area contributed by atoms with E-state index in [1.54, 1.807) is 14.0 Å². The van der Waals surface area contributed by atoms with Crippen molar-refractivity contribution in [2.24, 2.45) is 5.73 Å². The number of ketones is 1. The number of methoxy groups -OCH3 is 1. The third-order valence-corrected chi connectivity index (χ3v) is 5.73. The highest BCUT2D eigenvalue weighted by Crippen LogP contribution is 2.47. The van der Waals surface area contributed by atoms with Crippen LogP contribution < -0.4 is 10.5 Å². The quantitative estimate of drug-likeness (QED) is 0.739. The van der Waals surface area contributed by atoms with Crippen molar-refractivity contribution in [1.29, 1.82) is 0 Å². The number of nitrogens with two attached hydrogens (primary N) is 1. The van der Waals surface area contributed by atoms with E-state index in [1.165, 1.54) is 0 Å². The van der Waals surface area contributed by atoms with Crippen LogP contribution >= 0.6 is 0 Å². The minimum absolute atomic E-state index is 0.00430. The zero-order valence-corrected chi connectivity index (χ0v) is 17.6. The number of hydrogen-bond donors (Lipinski definition) is 1. The molecule has 1 heterocycles. The van der Waals surface area contributed by atoms with Crippen LogP contribution in [-0.2, 0) is 19.1 Å². The predicted octanol–water partition coefficient (Wildman–Crippen LogP) is 3.94. The predicted molar refractivity (Wildman–Crippen MR) is 115 cm³/mol. The highest BCUT2D eigenvalue weighted by Gasteiger charge is 2.43. The molecule has 31 heavy (non-hydrogen) atoms. The molecule has 0 radical (unpaired) electrons. The molecule has 6 nitrogen and oxygen atoms in total. The number of allylic oxidation sites excluding steroid dienone is 2. The van der Waals surface area contributed by atoms with Crippen molar-refractivity contribution in [2.75, 3.05) is 13.7 Å². The van der Waals surface area contributed by atoms with Crippen molar-refractivity contribution in [3.63, 3.8) is 0 Å². The van der Waals surface area contributed by atoms with Crippen molar-refractivity contribution in [3.8, 4) is 5.75 Å². The highest BCUT2D eigenvalue weighted by molar-refractivity contribution is 6.03. The lowest BCUT2D eigenvalue weighted by molar-refractivity contribution is -0.139. The van der Waals surface area contributed by atoms with Crippen LogP contribution in [0, 0.1) is 0 Å². The van der Waals surface area contributed by atoms with Crippen molar-refractivity contribution in [2.45, 2.75) is 31.6 Å². The summed E-state index contributed by atoms with van der Waals surface area (Å²) in [5.41, 5.74) is 8.65. The Labute approximate surface area is 181 Å². The maximum atomic E-state index is 13.4. The van der Waals surface area contributed by atoms with Crippen LogP contribution in [0.5, 0.6) is 5.75 Å². The Hall–Kier alpha value is -3.54. The lowest BCUT2D eigenvalue weighted by Crippen LogP contribution is -2.33. The molecule has 0 saturated heterocycles. The standard InChI is InChI=1S/C25H25NO5/c1-3-30-25(28)23-21(16-10-7-11-18(12-16)29-2)22-19(27)13-17(14-20(22)31-24(23)26)15-8-5-4-6-9-15/h4-12,17,21H,3,13-14,26H2,1-2H3. The first-order valence-corrected chi connectivity index (χ1v) is 10.3. The van der Waals surface area contributed by atoms with E-state index in [0.29, 0.717) is 29.9 Å². The van der Waals surface area contributed by atoms with E-state index in [4.69, 9.17) is 19.9 Å². The fraction of sp³-hybridized carbons (Fsp3) is 0.280. The van der Waals surface area contributed by atoms with Crippen LogP contribution in [0.15, 0.2) is 77.4 Å². The number of carbonyl (C=O) groups excluding carboxylic acids is 2. The Morgan fingerprint density at radius 1 is 1.10 bits per heavy atom. The summed E-state index contributed by atoms with van der Waals surface area (Å²) >= 11 is 0. The van der Waals surface area contributed by atoms with Gasteiger partial charge in [-0.25, -0.2) is 4.79 Å². The smallest absolute Gasteiger partial charge is 0.340 e. The van der Waals surface area contributed by atoms with Crippen molar-refractivity contribution >= 4 is 11.8 Å². The summed E-state index contributed by atoms with van der Waals surface area (Å²) in [5.74, 6) is -0.194. The Morgan fingerprint density at radius 3 is 2.55 bits per heavy atom. The zero-order chi connectivity index (χ0) is 22.0. The SMILES string of the molecule is CCOC(=O)C1=C(N)OC2=C(C(=O)CC(c3ccccc3)C2)C1c1cccc(OC)c1. The molecule has 0 fully saturated rings. The van der Waals surface area contributed by atoms with E-state index in [2.05, 4.69) is 0 Å². The fourth-order valence-electron chi connectivity index (χ4n) is 4.33. The van der Waals surface area contributed by atoms with E-state index in [-0.39, 0.29) is 29.8 Å². The molecule has 0 saturated carbocycles. The molecule has 1 aliphatic carbocycles. The molecule has 2 aromatic carbocycles. The van der Waals surface area contributed by atoms with Crippen LogP contribution in [0.3, 0.4) is 0 Å². The van der Waals surface area contributed by atoms with E-state index >= 15 is 0 Å². The first-order valence-electron chi connectivity index (χ1n) is 10.3. The highest BCUT2D eigenvalue weighted by atomic mass is 16.5. The second kappa shape index (κ2) is 8.68. The summed E-state index contributed by atoms with van der Waals surface area (Å²) in [5, 5.41) is 0. The second-order valence-corrected chi connectivity index (χ2v) is 7.59. The van der Waals surface area contributed by atoms with Gasteiger partial charge in [0.15, 0.2) is 5.78 Å². The van der Waals surface area contributed by atoms with Gasteiger partial charge in [0.05, 0.1) is 19.6 Å². The Balaban J connectivity index is 1.81. The molecule has 0 aromatic heterocycles. The summed E-state index contributed by atoms with van der Waals surface area (Å²) < 4.78 is 16.5. The van der Waals surface area contributed by atoms with E-state index in [0.717, 1.165) is 11.1 Å². The topological polar surface area (TPSA) is 87.9 Å². The van der Waals surface area contributed by atoms with Gasteiger partial charge in [0, 0.05) is 18.4 Å². The lowest BCUT2D eigenvalue weighted by atomic mass is 9.73. The maximum Gasteiger partial charge on any atom is 0.340 e. The van der Waals surface area contributed by atoms with Crippen molar-refractivity contribution in [1.82, 2.24) is 0 Å². The van der Waals surface area contributed by atoms with Gasteiger partial charge < -0.3 is 19.9 Å². The molecule has 1 aliphatic heterocycles. The van der Waals surface area contributed by atoms with Crippen molar-refractivity contribution in [3.05, 3.63) is 88.5 Å². The van der Waals surface area contributed by atoms with Gasteiger partial charge in [-0.15, -0.1) is 0 Å². The number of carbonyl (C=O) groups is 2. The molecule has 2 aliphatic rings. The monoisotopic (exact) mass is 419 g/mol. The molecule has 6 heteroatoms. The van der Waals surface area contributed by atoms with Crippen LogP contribution in [-0.4, -0.2) is 25.5 Å². The van der Waals surface area contributed by atoms with E-state index < -0.39 is 11.9 Å². The van der Waals surface area contributed by atoms with Gasteiger partial charge in [-0.3, -0.25) is 4.79 Å². The number of Topliss-reactive ketones (excluding diaryl/α,β-unsaturated/α-hetero) is 1. The van der Waals surface area contributed by atoms with E-state index in [9.17, 15) is 9.59 Å². The summed E-state index contributed by atoms with van der Waals surface area (Å²) in [7, 11) is 1.57. The number of ether oxygens (including phenoxy) is 3. The summed E-state index contributed by atoms with van der Waals surface area (Å²) in [6, 6.07) is 17.2. The van der Waals surface area contributed by atoms with Crippen LogP contribution in [0.1, 0.15) is 42.7 Å². The van der Waals surface area contributed by atoms with Gasteiger partial charge in [-0.1, -0.05) is 42.5 Å². The van der Waals surface area contributed by atoms with Crippen LogP contribution in [0.25, 0.3) is 0 Å². The lowest BCUT2D eigenvalue weighted by Gasteiger charge is -2.35. The molecule has 2 aromatic rings. The number of hydrogen-bond acceptors (Lipinski definition) is 6. The van der Waals surface area contributed by atoms with Gasteiger partial charge in [0.25, 0.3) is 0 Å². The third-order valence-electron chi connectivity index (χ3n) is 5.73. The van der Waals surface area contributed by atoms with Gasteiger partial charge >= 0.3 is 5.97 Å². The number of benzene rings is 2. The molecule has 160 valence electrons. The largest absolute Gasteiger partial charge is 0.497 e. The molecular weight excluding hydrogens is 394 g/mol. The average molecular weight is 419 g/mol. The Bertz CT molecular complexity index is 1070. The van der Waals surface area contributed by atoms with Gasteiger partial charge in [0.2, 0.25) is 5.88 Å². The van der Waals surface area contributed by atoms with Gasteiger partial charge in [-0.05, 0) is 36.1 Å². The Kier molecular flexibility index (Phi) is 5.80. The average Bonchev–Trinajstić information content (AvgIpc) is 2.78. The Morgan fingerprint density at radius 2 is 1.84 bits per heavy atom. The second-order valence-electron chi connectivity index (χ2n) is 7.59. The van der Waals surface area contributed by atoms with Gasteiger partial charge in [-0.2, -0.15) is 0 Å². The molecule has 4 rings (SSSR count). The van der Waals surface area contributed by atoms with Crippen LogP contribution in [0.2, 0.25) is 0 Å². The molecule has 2 unspecified atom stereocenters. The number of rotatable bonds is 5. The minimum atomic E-state index is -0.665. The number of esters is 1. The minimum Gasteiger partial charge on any atom is -0.497 e. The van der Waals surface area contributed by atoms with Gasteiger partial charge in [0.1, 0.15) is 17.1 Å². The third kappa shape index (κ3) is 3.93. The summed E-state index contributed by atoms with van der Waals surface area (Å²) in [6.07, 6.45) is 0.866. The molecule has 0 amide bonds.